The van der Waals surface area contributed by atoms with Gasteiger partial charge in [0, 0.05) is 29.8 Å². The summed E-state index contributed by atoms with van der Waals surface area (Å²) in [7, 11) is 3.20. The van der Waals surface area contributed by atoms with E-state index in [1.54, 1.807) is 24.9 Å². The average Bonchev–Trinajstić information content (AvgIpc) is 3.45. The van der Waals surface area contributed by atoms with Gasteiger partial charge in [0.2, 0.25) is 11.9 Å². The second-order valence-corrected chi connectivity index (χ2v) is 7.62. The van der Waals surface area contributed by atoms with Crippen LogP contribution in [-0.4, -0.2) is 51.8 Å². The Hall–Kier alpha value is -4.35. The summed E-state index contributed by atoms with van der Waals surface area (Å²) in [4.78, 5) is 32.6. The molecule has 3 aromatic rings. The molecule has 3 heterocycles. The molecule has 1 aliphatic carbocycles. The lowest BCUT2D eigenvalue weighted by molar-refractivity contribution is -0.115. The van der Waals surface area contributed by atoms with Crippen LogP contribution in [0, 0.1) is 0 Å². The van der Waals surface area contributed by atoms with Crippen molar-refractivity contribution >= 4 is 35.6 Å². The van der Waals surface area contributed by atoms with Crippen molar-refractivity contribution in [2.24, 2.45) is 0 Å². The molecule has 12 nitrogen and oxygen atoms in total. The van der Waals surface area contributed by atoms with Crippen LogP contribution in [-0.2, 0) is 11.3 Å². The number of carbonyl (C=O) groups is 2. The maximum absolute atomic E-state index is 11.9. The number of hydrogen-bond donors (Lipinski definition) is 4. The van der Waals surface area contributed by atoms with E-state index in [1.807, 2.05) is 18.2 Å². The highest BCUT2D eigenvalue weighted by molar-refractivity contribution is 6.14. The number of carbonyl (C=O) groups excluding carboxylic acids is 2. The third-order valence-corrected chi connectivity index (χ3v) is 5.26. The van der Waals surface area contributed by atoms with Crippen LogP contribution in [0.2, 0.25) is 0 Å². The van der Waals surface area contributed by atoms with E-state index in [1.165, 1.54) is 6.08 Å². The van der Waals surface area contributed by atoms with Gasteiger partial charge >= 0.3 is 6.03 Å². The fourth-order valence-electron chi connectivity index (χ4n) is 3.39. The summed E-state index contributed by atoms with van der Waals surface area (Å²) in [5.74, 6) is 1.79. The summed E-state index contributed by atoms with van der Waals surface area (Å²) in [5, 5.41) is 15.6. The number of nitrogens with one attached hydrogen (secondary N) is 4. The second-order valence-electron chi connectivity index (χ2n) is 7.62. The van der Waals surface area contributed by atoms with E-state index >= 15 is 0 Å². The van der Waals surface area contributed by atoms with Gasteiger partial charge in [0.1, 0.15) is 17.2 Å². The molecule has 170 valence electrons. The Bertz CT molecular complexity index is 1280. The minimum Gasteiger partial charge on any atom is -0.497 e. The lowest BCUT2D eigenvalue weighted by Crippen LogP contribution is -2.22. The number of rotatable bonds is 8. The normalized spacial score (nSPS) is 16.6. The van der Waals surface area contributed by atoms with E-state index < -0.39 is 11.9 Å². The van der Waals surface area contributed by atoms with E-state index in [0.29, 0.717) is 47.2 Å². The maximum Gasteiger partial charge on any atom is 0.326 e. The maximum atomic E-state index is 11.9. The van der Waals surface area contributed by atoms with Crippen LogP contribution in [0.3, 0.4) is 0 Å². The second kappa shape index (κ2) is 8.30. The van der Waals surface area contributed by atoms with Gasteiger partial charge in [-0.2, -0.15) is 19.6 Å². The van der Waals surface area contributed by atoms with Crippen LogP contribution in [0.4, 0.5) is 16.7 Å². The minimum atomic E-state index is -0.566. The Morgan fingerprint density at radius 2 is 2.03 bits per heavy atom. The van der Waals surface area contributed by atoms with E-state index in [4.69, 9.17) is 9.47 Å². The first-order chi connectivity index (χ1) is 16.0. The Morgan fingerprint density at radius 1 is 1.18 bits per heavy atom. The number of benzene rings is 1. The van der Waals surface area contributed by atoms with Crippen LogP contribution < -0.4 is 30.7 Å². The van der Waals surface area contributed by atoms with Crippen LogP contribution in [0.15, 0.2) is 30.1 Å². The van der Waals surface area contributed by atoms with E-state index in [0.717, 1.165) is 18.4 Å². The first kappa shape index (κ1) is 20.5. The predicted molar refractivity (Wildman–Crippen MR) is 119 cm³/mol. The smallest absolute Gasteiger partial charge is 0.326 e. The Morgan fingerprint density at radius 3 is 2.73 bits per heavy atom. The van der Waals surface area contributed by atoms with Gasteiger partial charge in [0.15, 0.2) is 5.65 Å². The van der Waals surface area contributed by atoms with Gasteiger partial charge in [0.05, 0.1) is 20.4 Å². The molecule has 1 saturated carbocycles. The van der Waals surface area contributed by atoms with Gasteiger partial charge in [-0.05, 0) is 31.1 Å². The number of aromatic nitrogens is 4. The Labute approximate surface area is 188 Å². The van der Waals surface area contributed by atoms with Gasteiger partial charge in [-0.3, -0.25) is 10.1 Å². The third-order valence-electron chi connectivity index (χ3n) is 5.26. The van der Waals surface area contributed by atoms with Gasteiger partial charge in [-0.25, -0.2) is 4.79 Å². The summed E-state index contributed by atoms with van der Waals surface area (Å²) in [6.07, 6.45) is 5.22. The SMILES string of the molecule is COc1ccc(CNc2nc(NC3CC3)n3ncc(/C=C4\NC(=O)NC4=O)c3n2)c(OC)c1. The highest BCUT2D eigenvalue weighted by Crippen LogP contribution is 2.27. The fraction of sp³-hybridized carbons (Fsp3) is 0.286. The van der Waals surface area contributed by atoms with Crippen LogP contribution in [0.1, 0.15) is 24.0 Å². The lowest BCUT2D eigenvalue weighted by atomic mass is 10.2. The minimum absolute atomic E-state index is 0.127. The number of nitrogens with zero attached hydrogens (tertiary/aromatic N) is 4. The van der Waals surface area contributed by atoms with Crippen molar-refractivity contribution < 1.29 is 19.1 Å². The monoisotopic (exact) mass is 450 g/mol. The number of urea groups is 1. The predicted octanol–water partition coefficient (Wildman–Crippen LogP) is 1.51. The van der Waals surface area contributed by atoms with Crippen LogP contribution in [0.5, 0.6) is 11.5 Å². The van der Waals surface area contributed by atoms with Crippen molar-refractivity contribution in [2.75, 3.05) is 24.9 Å². The molecule has 0 atom stereocenters. The highest BCUT2D eigenvalue weighted by Gasteiger charge is 2.26. The van der Waals surface area contributed by atoms with Gasteiger partial charge in [-0.15, -0.1) is 0 Å². The summed E-state index contributed by atoms with van der Waals surface area (Å²) in [5.41, 5.74) is 2.08. The van der Waals surface area contributed by atoms with Gasteiger partial charge in [0.25, 0.3) is 5.91 Å². The van der Waals surface area contributed by atoms with Crippen LogP contribution >= 0.6 is 0 Å². The number of ether oxygens (including phenoxy) is 2. The van der Waals surface area contributed by atoms with E-state index in [9.17, 15) is 9.59 Å². The fourth-order valence-corrected chi connectivity index (χ4v) is 3.39. The van der Waals surface area contributed by atoms with Crippen molar-refractivity contribution in [3.63, 3.8) is 0 Å². The van der Waals surface area contributed by atoms with Crippen molar-refractivity contribution in [3.8, 4) is 11.5 Å². The van der Waals surface area contributed by atoms with Gasteiger partial charge in [-0.1, -0.05) is 0 Å². The number of imide groups is 1. The van der Waals surface area contributed by atoms with Gasteiger partial charge < -0.3 is 25.4 Å². The number of amides is 3. The van der Waals surface area contributed by atoms with E-state index in [2.05, 4.69) is 36.3 Å². The molecule has 2 aliphatic rings. The molecule has 0 spiro atoms. The zero-order chi connectivity index (χ0) is 22.9. The lowest BCUT2D eigenvalue weighted by Gasteiger charge is -2.13. The average molecular weight is 450 g/mol. The first-order valence-corrected chi connectivity index (χ1v) is 10.3. The summed E-state index contributed by atoms with van der Waals surface area (Å²) >= 11 is 0. The first-order valence-electron chi connectivity index (χ1n) is 10.3. The van der Waals surface area contributed by atoms with Crippen molar-refractivity contribution in [1.29, 1.82) is 0 Å². The largest absolute Gasteiger partial charge is 0.497 e. The molecule has 0 bridgehead atoms. The molecule has 3 amide bonds. The molecule has 0 unspecified atom stereocenters. The molecule has 33 heavy (non-hydrogen) atoms. The Kier molecular flexibility index (Phi) is 5.17. The summed E-state index contributed by atoms with van der Waals surface area (Å²) < 4.78 is 12.3. The molecular weight excluding hydrogens is 428 g/mol. The summed E-state index contributed by atoms with van der Waals surface area (Å²) in [6.45, 7) is 0.412. The molecule has 12 heteroatoms. The molecule has 2 aromatic heterocycles. The van der Waals surface area contributed by atoms with Crippen LogP contribution in [0.25, 0.3) is 11.7 Å². The quantitative estimate of drug-likeness (QED) is 0.296. The molecule has 0 radical (unpaired) electrons. The number of hydrogen-bond acceptors (Lipinski definition) is 9. The van der Waals surface area contributed by atoms with Crippen molar-refractivity contribution in [2.45, 2.75) is 25.4 Å². The Balaban J connectivity index is 1.48. The summed E-state index contributed by atoms with van der Waals surface area (Å²) in [6, 6.07) is 5.34. The molecule has 2 fully saturated rings. The molecule has 5 rings (SSSR count). The molecule has 4 N–H and O–H groups in total. The van der Waals surface area contributed by atoms with Crippen molar-refractivity contribution in [1.82, 2.24) is 30.2 Å². The van der Waals surface area contributed by atoms with E-state index in [-0.39, 0.29) is 5.70 Å². The molecule has 1 aliphatic heterocycles. The topological polar surface area (TPSA) is 144 Å². The molecular formula is C21H22N8O4. The highest BCUT2D eigenvalue weighted by atomic mass is 16.5. The molecule has 1 aromatic carbocycles. The number of fused-ring (bicyclic) bond motifs is 1. The van der Waals surface area contributed by atoms with Crippen molar-refractivity contribution in [3.05, 3.63) is 41.2 Å². The number of methoxy groups -OCH3 is 2. The third kappa shape index (κ3) is 4.22. The molecule has 1 saturated heterocycles. The zero-order valence-corrected chi connectivity index (χ0v) is 18.0. The number of anilines is 2. The zero-order valence-electron chi connectivity index (χ0n) is 18.0. The standard InChI is InChI=1S/C21H22N8O4/c1-32-14-6-3-11(16(8-14)33-2)9-22-19-26-17-12(7-15-18(30)27-21(31)25-15)10-23-29(17)20(28-19)24-13-4-5-13/h3,6-8,10,13H,4-5,9H2,1-2H3,(H2,22,24,26,28)(H2,25,27,30,31)/b15-7-.